The molecule has 3 heterocycles. The van der Waals surface area contributed by atoms with E-state index in [2.05, 4.69) is 32.3 Å². The molecule has 1 aromatic heterocycles. The van der Waals surface area contributed by atoms with Crippen molar-refractivity contribution in [1.29, 1.82) is 0 Å². The van der Waals surface area contributed by atoms with Gasteiger partial charge in [-0.25, -0.2) is 5.01 Å². The van der Waals surface area contributed by atoms with Crippen LogP contribution >= 0.6 is 0 Å². The Morgan fingerprint density at radius 2 is 1.63 bits per heavy atom. The van der Waals surface area contributed by atoms with Gasteiger partial charge in [0, 0.05) is 37.2 Å². The van der Waals surface area contributed by atoms with Gasteiger partial charge in [-0.3, -0.25) is 4.79 Å². The van der Waals surface area contributed by atoms with Gasteiger partial charge in [-0.1, -0.05) is 53.6 Å². The molecule has 2 aliphatic heterocycles. The van der Waals surface area contributed by atoms with Gasteiger partial charge in [0.05, 0.1) is 6.04 Å². The van der Waals surface area contributed by atoms with E-state index in [1.165, 1.54) is 0 Å². The number of hydrogen-bond acceptors (Lipinski definition) is 6. The van der Waals surface area contributed by atoms with Crippen molar-refractivity contribution >= 4 is 18.1 Å². The van der Waals surface area contributed by atoms with E-state index in [0.29, 0.717) is 25.0 Å². The maximum Gasteiger partial charge on any atom is 0.318 e. The summed E-state index contributed by atoms with van der Waals surface area (Å²) < 4.78 is 5.86. The summed E-state index contributed by atoms with van der Waals surface area (Å²) in [5.74, 6) is 0.577. The summed E-state index contributed by atoms with van der Waals surface area (Å²) in [6, 6.07) is 20.4. The number of hydrogen-bond donors (Lipinski definition) is 0. The molecule has 1 amide bonds. The van der Waals surface area contributed by atoms with Crippen molar-refractivity contribution in [3.05, 3.63) is 66.2 Å². The summed E-state index contributed by atoms with van der Waals surface area (Å²) in [6.07, 6.45) is 4.10. The third-order valence-electron chi connectivity index (χ3n) is 5.79. The quantitative estimate of drug-likeness (QED) is 0.663. The van der Waals surface area contributed by atoms with Crippen LogP contribution in [0.5, 0.6) is 0 Å². The molecule has 1 saturated heterocycles. The lowest BCUT2D eigenvalue weighted by atomic mass is 9.94. The number of rotatable bonds is 4. The van der Waals surface area contributed by atoms with Crippen LogP contribution in [0.4, 0.5) is 6.01 Å². The molecule has 0 saturated carbocycles. The van der Waals surface area contributed by atoms with E-state index >= 15 is 0 Å². The Kier molecular flexibility index (Phi) is 5.01. The van der Waals surface area contributed by atoms with Gasteiger partial charge in [0.2, 0.25) is 11.8 Å². The number of aromatic nitrogens is 2. The van der Waals surface area contributed by atoms with Crippen molar-refractivity contribution in [2.45, 2.75) is 25.3 Å². The molecule has 1 unspecified atom stereocenters. The minimum absolute atomic E-state index is 0.00102. The minimum atomic E-state index is -0.0424. The first-order valence-corrected chi connectivity index (χ1v) is 10.3. The number of hydrazone groups is 1. The third-order valence-corrected chi connectivity index (χ3v) is 5.79. The highest BCUT2D eigenvalue weighted by molar-refractivity contribution is 5.82. The molecule has 0 spiro atoms. The Labute approximate surface area is 175 Å². The van der Waals surface area contributed by atoms with E-state index < -0.39 is 0 Å². The first-order chi connectivity index (χ1) is 14.8. The van der Waals surface area contributed by atoms with Gasteiger partial charge in [0.25, 0.3) is 0 Å². The summed E-state index contributed by atoms with van der Waals surface area (Å²) in [5.41, 5.74) is 2.03. The van der Waals surface area contributed by atoms with Gasteiger partial charge in [-0.05, 0) is 30.5 Å². The summed E-state index contributed by atoms with van der Waals surface area (Å²) >= 11 is 0. The molecule has 0 aliphatic carbocycles. The van der Waals surface area contributed by atoms with Gasteiger partial charge >= 0.3 is 6.01 Å². The second-order valence-electron chi connectivity index (χ2n) is 7.66. The fourth-order valence-corrected chi connectivity index (χ4v) is 4.12. The maximum absolute atomic E-state index is 13.2. The Morgan fingerprint density at radius 1 is 0.933 bits per heavy atom. The predicted molar refractivity (Wildman–Crippen MR) is 114 cm³/mol. The van der Waals surface area contributed by atoms with Crippen LogP contribution in [0.15, 0.2) is 70.2 Å². The normalized spacial score (nSPS) is 19.4. The summed E-state index contributed by atoms with van der Waals surface area (Å²) in [5, 5.41) is 14.4. The number of carbonyl (C=O) groups excluding carboxylic acids is 1. The zero-order valence-electron chi connectivity index (χ0n) is 16.6. The van der Waals surface area contributed by atoms with Crippen molar-refractivity contribution in [2.24, 2.45) is 11.0 Å². The molecule has 0 radical (unpaired) electrons. The van der Waals surface area contributed by atoms with Crippen LogP contribution in [-0.4, -0.2) is 40.4 Å². The molecule has 1 atom stereocenters. The molecule has 7 heteroatoms. The summed E-state index contributed by atoms with van der Waals surface area (Å²) in [4.78, 5) is 15.2. The van der Waals surface area contributed by atoms with Crippen molar-refractivity contribution in [3.8, 4) is 11.5 Å². The second kappa shape index (κ2) is 8.10. The van der Waals surface area contributed by atoms with Gasteiger partial charge in [-0.15, -0.1) is 5.10 Å². The Balaban J connectivity index is 1.22. The molecule has 1 fully saturated rings. The van der Waals surface area contributed by atoms with Crippen LogP contribution in [0.3, 0.4) is 0 Å². The standard InChI is InChI=1S/C23H23N5O2/c29-22(28-20(11-14-24-28)17-7-3-1-4-8-17)19-12-15-27(16-13-19)23-26-25-21(30-23)18-9-5-2-6-10-18/h1-10,14,19-20H,11-13,15-16H2. The number of anilines is 1. The van der Waals surface area contributed by atoms with Crippen LogP contribution in [0.25, 0.3) is 11.5 Å². The highest BCUT2D eigenvalue weighted by Gasteiger charge is 2.35. The molecule has 3 aromatic rings. The van der Waals surface area contributed by atoms with Gasteiger partial charge in [0.15, 0.2) is 0 Å². The van der Waals surface area contributed by atoms with Crippen molar-refractivity contribution in [1.82, 2.24) is 15.2 Å². The van der Waals surface area contributed by atoms with Gasteiger partial charge in [0.1, 0.15) is 0 Å². The van der Waals surface area contributed by atoms with E-state index in [-0.39, 0.29) is 17.9 Å². The molecule has 2 aliphatic rings. The van der Waals surface area contributed by atoms with Crippen LogP contribution in [0.1, 0.15) is 30.9 Å². The average Bonchev–Trinajstić information content (AvgIpc) is 3.50. The van der Waals surface area contributed by atoms with Crippen LogP contribution < -0.4 is 4.90 Å². The van der Waals surface area contributed by atoms with E-state index in [0.717, 1.165) is 30.4 Å². The maximum atomic E-state index is 13.2. The Hall–Kier alpha value is -3.48. The first-order valence-electron chi connectivity index (χ1n) is 10.3. The number of benzene rings is 2. The first kappa shape index (κ1) is 18.5. The highest BCUT2D eigenvalue weighted by Crippen LogP contribution is 2.32. The largest absolute Gasteiger partial charge is 0.403 e. The molecule has 7 nitrogen and oxygen atoms in total. The topological polar surface area (TPSA) is 74.8 Å². The van der Waals surface area contributed by atoms with E-state index in [1.54, 1.807) is 5.01 Å². The smallest absolute Gasteiger partial charge is 0.318 e. The average molecular weight is 401 g/mol. The molecule has 0 N–H and O–H groups in total. The molecular weight excluding hydrogens is 378 g/mol. The molecule has 5 rings (SSSR count). The molecule has 2 aromatic carbocycles. The minimum Gasteiger partial charge on any atom is -0.403 e. The second-order valence-corrected chi connectivity index (χ2v) is 7.66. The van der Waals surface area contributed by atoms with Gasteiger partial charge < -0.3 is 9.32 Å². The van der Waals surface area contributed by atoms with Crippen molar-refractivity contribution in [3.63, 3.8) is 0 Å². The van der Waals surface area contributed by atoms with Crippen molar-refractivity contribution < 1.29 is 9.21 Å². The zero-order chi connectivity index (χ0) is 20.3. The summed E-state index contributed by atoms with van der Waals surface area (Å²) in [7, 11) is 0. The number of carbonyl (C=O) groups is 1. The van der Waals surface area contributed by atoms with Crippen LogP contribution in [0.2, 0.25) is 0 Å². The highest BCUT2D eigenvalue weighted by atomic mass is 16.4. The third kappa shape index (κ3) is 3.58. The summed E-state index contributed by atoms with van der Waals surface area (Å²) in [6.45, 7) is 1.42. The van der Waals surface area contributed by atoms with E-state index in [1.807, 2.05) is 54.7 Å². The zero-order valence-corrected chi connectivity index (χ0v) is 16.6. The Bertz CT molecular complexity index is 1030. The van der Waals surface area contributed by atoms with Crippen molar-refractivity contribution in [2.75, 3.05) is 18.0 Å². The molecule has 0 bridgehead atoms. The van der Waals surface area contributed by atoms with E-state index in [9.17, 15) is 4.79 Å². The van der Waals surface area contributed by atoms with Crippen LogP contribution in [0, 0.1) is 5.92 Å². The SMILES string of the molecule is O=C(C1CCN(c2nnc(-c3ccccc3)o2)CC1)N1N=CCC1c1ccccc1. The molecule has 152 valence electrons. The number of piperidine rings is 1. The number of nitrogens with zero attached hydrogens (tertiary/aromatic N) is 5. The fourth-order valence-electron chi connectivity index (χ4n) is 4.12. The number of amides is 1. The fraction of sp³-hybridized carbons (Fsp3) is 0.304. The lowest BCUT2D eigenvalue weighted by Crippen LogP contribution is -2.41. The monoisotopic (exact) mass is 401 g/mol. The Morgan fingerprint density at radius 3 is 2.37 bits per heavy atom. The molecule has 30 heavy (non-hydrogen) atoms. The van der Waals surface area contributed by atoms with Gasteiger partial charge in [-0.2, -0.15) is 5.10 Å². The van der Waals surface area contributed by atoms with Crippen LogP contribution in [-0.2, 0) is 4.79 Å². The lowest BCUT2D eigenvalue weighted by Gasteiger charge is -2.32. The van der Waals surface area contributed by atoms with E-state index in [4.69, 9.17) is 4.42 Å². The predicted octanol–water partition coefficient (Wildman–Crippen LogP) is 3.91. The lowest BCUT2D eigenvalue weighted by molar-refractivity contribution is -0.138. The molecular formula is C23H23N5O2.